The van der Waals surface area contributed by atoms with Crippen LogP contribution in [0.1, 0.15) is 44.6 Å². The molecular weight excluding hydrogens is 372 g/mol. The molecule has 5 atom stereocenters. The van der Waals surface area contributed by atoms with Crippen molar-refractivity contribution < 1.29 is 28.8 Å². The SMILES string of the molecule is CC(=O)OC[C@H]1CC(O)[C@H](CCOCc2ccccc2)[C@@H]1COC1CCCCO1. The third kappa shape index (κ3) is 7.07. The second-order valence-corrected chi connectivity index (χ2v) is 8.15. The van der Waals surface area contributed by atoms with Crippen LogP contribution in [0, 0.1) is 17.8 Å². The molecule has 1 saturated carbocycles. The van der Waals surface area contributed by atoms with E-state index in [9.17, 15) is 9.90 Å². The molecule has 0 spiro atoms. The Kier molecular flexibility index (Phi) is 8.92. The first kappa shape index (κ1) is 22.2. The maximum Gasteiger partial charge on any atom is 0.302 e. The van der Waals surface area contributed by atoms with Gasteiger partial charge in [-0.25, -0.2) is 0 Å². The van der Waals surface area contributed by atoms with Gasteiger partial charge in [-0.2, -0.15) is 0 Å². The quantitative estimate of drug-likeness (QED) is 0.475. The van der Waals surface area contributed by atoms with Gasteiger partial charge >= 0.3 is 5.97 Å². The largest absolute Gasteiger partial charge is 0.466 e. The first-order valence-corrected chi connectivity index (χ1v) is 10.8. The number of aliphatic hydroxyl groups excluding tert-OH is 1. The van der Waals surface area contributed by atoms with E-state index in [1.54, 1.807) is 0 Å². The van der Waals surface area contributed by atoms with E-state index in [4.69, 9.17) is 18.9 Å². The van der Waals surface area contributed by atoms with Crippen molar-refractivity contribution in [2.45, 2.75) is 58.0 Å². The summed E-state index contributed by atoms with van der Waals surface area (Å²) in [6, 6.07) is 10.1. The van der Waals surface area contributed by atoms with Gasteiger partial charge in [-0.1, -0.05) is 30.3 Å². The van der Waals surface area contributed by atoms with Crippen LogP contribution in [0.25, 0.3) is 0 Å². The fraction of sp³-hybridized carbons (Fsp3) is 0.696. The molecule has 2 fully saturated rings. The molecule has 1 heterocycles. The molecule has 162 valence electrons. The monoisotopic (exact) mass is 406 g/mol. The van der Waals surface area contributed by atoms with E-state index < -0.39 is 6.10 Å². The Bertz CT molecular complexity index is 601. The lowest BCUT2D eigenvalue weighted by Gasteiger charge is -2.29. The second-order valence-electron chi connectivity index (χ2n) is 8.15. The number of esters is 1. The molecule has 0 radical (unpaired) electrons. The maximum atomic E-state index is 11.3. The summed E-state index contributed by atoms with van der Waals surface area (Å²) in [7, 11) is 0. The third-order valence-corrected chi connectivity index (χ3v) is 6.01. The van der Waals surface area contributed by atoms with Crippen LogP contribution in [0.15, 0.2) is 30.3 Å². The average molecular weight is 407 g/mol. The second kappa shape index (κ2) is 11.6. The number of benzene rings is 1. The van der Waals surface area contributed by atoms with Crippen molar-refractivity contribution >= 4 is 5.97 Å². The van der Waals surface area contributed by atoms with E-state index in [1.807, 2.05) is 30.3 Å². The molecule has 1 aliphatic carbocycles. The van der Waals surface area contributed by atoms with Crippen LogP contribution >= 0.6 is 0 Å². The van der Waals surface area contributed by atoms with Crippen molar-refractivity contribution in [2.75, 3.05) is 26.4 Å². The summed E-state index contributed by atoms with van der Waals surface area (Å²) in [5.41, 5.74) is 1.14. The highest BCUT2D eigenvalue weighted by Crippen LogP contribution is 2.40. The highest BCUT2D eigenvalue weighted by atomic mass is 16.7. The summed E-state index contributed by atoms with van der Waals surface area (Å²) in [5, 5.41) is 10.7. The number of carbonyl (C=O) groups excluding carboxylic acids is 1. The maximum absolute atomic E-state index is 11.3. The Morgan fingerprint density at radius 2 is 2.00 bits per heavy atom. The zero-order valence-corrected chi connectivity index (χ0v) is 17.3. The van der Waals surface area contributed by atoms with E-state index in [0.717, 1.165) is 37.9 Å². The minimum atomic E-state index is -0.434. The van der Waals surface area contributed by atoms with E-state index in [1.165, 1.54) is 6.92 Å². The molecular formula is C23H34O6. The van der Waals surface area contributed by atoms with Crippen LogP contribution in [-0.4, -0.2) is 49.9 Å². The van der Waals surface area contributed by atoms with Crippen LogP contribution in [0.5, 0.6) is 0 Å². The first-order chi connectivity index (χ1) is 14.1. The van der Waals surface area contributed by atoms with Crippen molar-refractivity contribution in [2.24, 2.45) is 17.8 Å². The van der Waals surface area contributed by atoms with Gasteiger partial charge in [-0.05, 0) is 49.5 Å². The van der Waals surface area contributed by atoms with Crippen molar-refractivity contribution in [3.63, 3.8) is 0 Å². The summed E-state index contributed by atoms with van der Waals surface area (Å²) >= 11 is 0. The van der Waals surface area contributed by atoms with E-state index in [0.29, 0.717) is 32.8 Å². The molecule has 6 nitrogen and oxygen atoms in total. The van der Waals surface area contributed by atoms with Gasteiger partial charge in [0, 0.05) is 26.1 Å². The smallest absolute Gasteiger partial charge is 0.302 e. The molecule has 2 unspecified atom stereocenters. The van der Waals surface area contributed by atoms with Crippen LogP contribution < -0.4 is 0 Å². The minimum Gasteiger partial charge on any atom is -0.466 e. The normalized spacial score (nSPS) is 29.7. The van der Waals surface area contributed by atoms with Gasteiger partial charge in [0.05, 0.1) is 25.9 Å². The summed E-state index contributed by atoms with van der Waals surface area (Å²) < 4.78 is 22.8. The van der Waals surface area contributed by atoms with Crippen LogP contribution in [0.4, 0.5) is 0 Å². The topological polar surface area (TPSA) is 74.2 Å². The van der Waals surface area contributed by atoms with Crippen molar-refractivity contribution in [1.29, 1.82) is 0 Å². The molecule has 1 aromatic rings. The fourth-order valence-corrected chi connectivity index (χ4v) is 4.42. The Balaban J connectivity index is 1.51. The van der Waals surface area contributed by atoms with E-state index >= 15 is 0 Å². The van der Waals surface area contributed by atoms with Gasteiger partial charge in [-0.3, -0.25) is 4.79 Å². The number of hydrogen-bond donors (Lipinski definition) is 1. The number of carbonyl (C=O) groups is 1. The van der Waals surface area contributed by atoms with Gasteiger partial charge in [0.2, 0.25) is 0 Å². The first-order valence-electron chi connectivity index (χ1n) is 10.8. The lowest BCUT2D eigenvalue weighted by molar-refractivity contribution is -0.175. The van der Waals surface area contributed by atoms with Crippen LogP contribution in [0.2, 0.25) is 0 Å². The molecule has 0 amide bonds. The predicted molar refractivity (Wildman–Crippen MR) is 108 cm³/mol. The molecule has 1 N–H and O–H groups in total. The zero-order valence-electron chi connectivity index (χ0n) is 17.3. The summed E-state index contributed by atoms with van der Waals surface area (Å²) in [6.07, 6.45) is 3.89. The summed E-state index contributed by atoms with van der Waals surface area (Å²) in [4.78, 5) is 11.3. The van der Waals surface area contributed by atoms with Gasteiger partial charge in [0.25, 0.3) is 0 Å². The van der Waals surface area contributed by atoms with Gasteiger partial charge in [0.1, 0.15) is 0 Å². The molecule has 6 heteroatoms. The average Bonchev–Trinajstić information content (AvgIpc) is 3.04. The van der Waals surface area contributed by atoms with Gasteiger partial charge in [-0.15, -0.1) is 0 Å². The third-order valence-electron chi connectivity index (χ3n) is 6.01. The van der Waals surface area contributed by atoms with Gasteiger partial charge in [0.15, 0.2) is 6.29 Å². The molecule has 2 aliphatic rings. The standard InChI is InChI=1S/C23H34O6/c1-17(24)28-15-19-13-22(25)20(10-12-26-14-18-7-3-2-4-8-18)21(19)16-29-23-9-5-6-11-27-23/h2-4,7-8,19-23,25H,5-6,9-16H2,1H3/t19-,20-,21-,22?,23?/m1/s1. The molecule has 0 bridgehead atoms. The molecule has 1 aromatic carbocycles. The minimum absolute atomic E-state index is 0.0647. The lowest BCUT2D eigenvalue weighted by atomic mass is 9.88. The Morgan fingerprint density at radius 1 is 1.17 bits per heavy atom. The number of ether oxygens (including phenoxy) is 4. The zero-order chi connectivity index (χ0) is 20.5. The molecule has 0 aromatic heterocycles. The predicted octanol–water partition coefficient (Wildman–Crippen LogP) is 3.31. The van der Waals surface area contributed by atoms with Crippen molar-refractivity contribution in [1.82, 2.24) is 0 Å². The molecule has 1 aliphatic heterocycles. The molecule has 3 rings (SSSR count). The lowest BCUT2D eigenvalue weighted by Crippen LogP contribution is -2.31. The summed E-state index contributed by atoms with van der Waals surface area (Å²) in [6.45, 7) is 4.14. The Labute approximate surface area is 173 Å². The number of hydrogen-bond acceptors (Lipinski definition) is 6. The van der Waals surface area contributed by atoms with Crippen LogP contribution in [-0.2, 0) is 30.3 Å². The number of rotatable bonds is 10. The van der Waals surface area contributed by atoms with Crippen LogP contribution in [0.3, 0.4) is 0 Å². The van der Waals surface area contributed by atoms with E-state index in [2.05, 4.69) is 0 Å². The fourth-order valence-electron chi connectivity index (χ4n) is 4.42. The molecule has 1 saturated heterocycles. The number of aliphatic hydroxyl groups is 1. The summed E-state index contributed by atoms with van der Waals surface area (Å²) in [5.74, 6) is -0.00819. The highest BCUT2D eigenvalue weighted by molar-refractivity contribution is 5.65. The molecule has 29 heavy (non-hydrogen) atoms. The Hall–Kier alpha value is -1.47. The highest BCUT2D eigenvalue weighted by Gasteiger charge is 2.43. The van der Waals surface area contributed by atoms with Gasteiger partial charge < -0.3 is 24.1 Å². The van der Waals surface area contributed by atoms with Crippen molar-refractivity contribution in [3.8, 4) is 0 Å². The van der Waals surface area contributed by atoms with E-state index in [-0.39, 0.29) is 30.0 Å². The Morgan fingerprint density at radius 3 is 2.72 bits per heavy atom. The van der Waals surface area contributed by atoms with Crippen molar-refractivity contribution in [3.05, 3.63) is 35.9 Å².